The van der Waals surface area contributed by atoms with Gasteiger partial charge in [0.15, 0.2) is 0 Å². The Morgan fingerprint density at radius 1 is 1.75 bits per heavy atom. The lowest BCUT2D eigenvalue weighted by atomic mass is 10.3. The zero-order valence-electron chi connectivity index (χ0n) is 7.03. The summed E-state index contributed by atoms with van der Waals surface area (Å²) in [5, 5.41) is 17.9. The molecule has 0 amide bonds. The standard InChI is InChI=1S/C7H13N3OS/c1-6(11)2-3-8-4-7-5-12-10-9-7/h5-6,8,11H,2-4H2,1H3. The van der Waals surface area contributed by atoms with Crippen LogP contribution in [0.2, 0.25) is 0 Å². The average Bonchev–Trinajstić information content (AvgIpc) is 2.49. The molecule has 0 aliphatic heterocycles. The van der Waals surface area contributed by atoms with Crippen molar-refractivity contribution in [2.45, 2.75) is 26.0 Å². The average molecular weight is 187 g/mol. The smallest absolute Gasteiger partial charge is 0.0893 e. The number of nitrogens with one attached hydrogen (secondary N) is 1. The number of nitrogens with zero attached hydrogens (tertiary/aromatic N) is 2. The van der Waals surface area contributed by atoms with Crippen LogP contribution in [-0.4, -0.2) is 27.3 Å². The summed E-state index contributed by atoms with van der Waals surface area (Å²) in [6.07, 6.45) is 0.545. The Balaban J connectivity index is 2.04. The number of hydrogen-bond acceptors (Lipinski definition) is 5. The third-order valence-corrected chi connectivity index (χ3v) is 2.00. The fourth-order valence-electron chi connectivity index (χ4n) is 0.788. The Morgan fingerprint density at radius 2 is 2.58 bits per heavy atom. The van der Waals surface area contributed by atoms with Gasteiger partial charge in [-0.3, -0.25) is 0 Å². The number of aromatic nitrogens is 2. The Kier molecular flexibility index (Phi) is 4.13. The van der Waals surface area contributed by atoms with Crippen LogP contribution in [0.4, 0.5) is 0 Å². The van der Waals surface area contributed by atoms with Crippen molar-refractivity contribution in [3.05, 3.63) is 11.1 Å². The molecule has 0 aliphatic carbocycles. The van der Waals surface area contributed by atoms with Gasteiger partial charge in [0.1, 0.15) is 0 Å². The van der Waals surface area contributed by atoms with E-state index in [2.05, 4.69) is 14.9 Å². The predicted molar refractivity (Wildman–Crippen MR) is 47.9 cm³/mol. The summed E-state index contributed by atoms with van der Waals surface area (Å²) in [6.45, 7) is 3.34. The van der Waals surface area contributed by atoms with Crippen LogP contribution in [0.25, 0.3) is 0 Å². The molecule has 0 saturated heterocycles. The Bertz CT molecular complexity index is 200. The molecule has 0 saturated carbocycles. The maximum absolute atomic E-state index is 8.94. The van der Waals surface area contributed by atoms with Crippen LogP contribution >= 0.6 is 11.5 Å². The molecule has 1 aromatic heterocycles. The van der Waals surface area contributed by atoms with Crippen LogP contribution < -0.4 is 5.32 Å². The minimum Gasteiger partial charge on any atom is -0.393 e. The molecule has 68 valence electrons. The first kappa shape index (κ1) is 9.57. The molecule has 0 radical (unpaired) electrons. The van der Waals surface area contributed by atoms with Gasteiger partial charge in [-0.1, -0.05) is 4.49 Å². The van der Waals surface area contributed by atoms with E-state index in [1.165, 1.54) is 11.5 Å². The van der Waals surface area contributed by atoms with Crippen LogP contribution in [0.1, 0.15) is 19.0 Å². The van der Waals surface area contributed by atoms with Gasteiger partial charge in [-0.2, -0.15) is 0 Å². The van der Waals surface area contributed by atoms with Crippen molar-refractivity contribution in [1.29, 1.82) is 0 Å². The molecular formula is C7H13N3OS. The van der Waals surface area contributed by atoms with E-state index in [1.807, 2.05) is 5.38 Å². The van der Waals surface area contributed by atoms with Crippen LogP contribution in [0.15, 0.2) is 5.38 Å². The van der Waals surface area contributed by atoms with Crippen molar-refractivity contribution >= 4 is 11.5 Å². The predicted octanol–water partition coefficient (Wildman–Crippen LogP) is 0.399. The maximum atomic E-state index is 8.94. The summed E-state index contributed by atoms with van der Waals surface area (Å²) in [7, 11) is 0. The highest BCUT2D eigenvalue weighted by molar-refractivity contribution is 7.03. The molecule has 0 fully saturated rings. The monoisotopic (exact) mass is 187 g/mol. The third kappa shape index (κ3) is 3.75. The maximum Gasteiger partial charge on any atom is 0.0893 e. The summed E-state index contributed by atoms with van der Waals surface area (Å²) < 4.78 is 3.74. The number of aliphatic hydroxyl groups is 1. The van der Waals surface area contributed by atoms with Gasteiger partial charge in [0, 0.05) is 11.9 Å². The number of rotatable bonds is 5. The van der Waals surface area contributed by atoms with Crippen molar-refractivity contribution < 1.29 is 5.11 Å². The minimum atomic E-state index is -0.231. The van der Waals surface area contributed by atoms with Gasteiger partial charge in [0.2, 0.25) is 0 Å². The zero-order valence-corrected chi connectivity index (χ0v) is 7.84. The van der Waals surface area contributed by atoms with Crippen LogP contribution in [0.3, 0.4) is 0 Å². The summed E-state index contributed by atoms with van der Waals surface area (Å²) in [6, 6.07) is 0. The highest BCUT2D eigenvalue weighted by Crippen LogP contribution is 1.95. The van der Waals surface area contributed by atoms with Gasteiger partial charge in [-0.15, -0.1) is 5.10 Å². The molecule has 1 rings (SSSR count). The quantitative estimate of drug-likeness (QED) is 0.655. The lowest BCUT2D eigenvalue weighted by Gasteiger charge is -2.03. The Hall–Kier alpha value is -0.520. The zero-order chi connectivity index (χ0) is 8.81. The van der Waals surface area contributed by atoms with Crippen molar-refractivity contribution in [1.82, 2.24) is 14.9 Å². The highest BCUT2D eigenvalue weighted by atomic mass is 32.1. The number of aliphatic hydroxyl groups excluding tert-OH is 1. The van der Waals surface area contributed by atoms with E-state index in [-0.39, 0.29) is 6.10 Å². The van der Waals surface area contributed by atoms with Crippen molar-refractivity contribution in [2.24, 2.45) is 0 Å². The van der Waals surface area contributed by atoms with Gasteiger partial charge in [-0.05, 0) is 31.4 Å². The van der Waals surface area contributed by atoms with Gasteiger partial charge in [0.05, 0.1) is 11.8 Å². The van der Waals surface area contributed by atoms with Gasteiger partial charge >= 0.3 is 0 Å². The molecule has 0 aromatic carbocycles. The molecule has 4 nitrogen and oxygen atoms in total. The second-order valence-corrected chi connectivity index (χ2v) is 3.32. The molecule has 12 heavy (non-hydrogen) atoms. The van der Waals surface area contributed by atoms with E-state index < -0.39 is 0 Å². The fourth-order valence-corrected chi connectivity index (χ4v) is 1.24. The molecular weight excluding hydrogens is 174 g/mol. The van der Waals surface area contributed by atoms with Crippen LogP contribution in [-0.2, 0) is 6.54 Å². The minimum absolute atomic E-state index is 0.231. The molecule has 0 spiro atoms. The molecule has 0 aliphatic rings. The topological polar surface area (TPSA) is 58.0 Å². The van der Waals surface area contributed by atoms with Crippen molar-refractivity contribution in [3.8, 4) is 0 Å². The lowest BCUT2D eigenvalue weighted by molar-refractivity contribution is 0.183. The van der Waals surface area contributed by atoms with E-state index in [9.17, 15) is 0 Å². The molecule has 1 atom stereocenters. The first-order valence-corrected chi connectivity index (χ1v) is 4.77. The van der Waals surface area contributed by atoms with E-state index in [0.29, 0.717) is 0 Å². The highest BCUT2D eigenvalue weighted by Gasteiger charge is 1.96. The first-order chi connectivity index (χ1) is 5.79. The Morgan fingerprint density at radius 3 is 3.17 bits per heavy atom. The van der Waals surface area contributed by atoms with E-state index >= 15 is 0 Å². The van der Waals surface area contributed by atoms with E-state index in [0.717, 1.165) is 25.2 Å². The van der Waals surface area contributed by atoms with Crippen LogP contribution in [0.5, 0.6) is 0 Å². The summed E-state index contributed by atoms with van der Waals surface area (Å²) in [4.78, 5) is 0. The fraction of sp³-hybridized carbons (Fsp3) is 0.714. The molecule has 1 unspecified atom stereocenters. The first-order valence-electron chi connectivity index (χ1n) is 3.94. The SMILES string of the molecule is CC(O)CCNCc1csnn1. The van der Waals surface area contributed by atoms with Crippen molar-refractivity contribution in [2.75, 3.05) is 6.54 Å². The second kappa shape index (κ2) is 5.18. The van der Waals surface area contributed by atoms with Gasteiger partial charge in [-0.25, -0.2) is 0 Å². The molecule has 5 heteroatoms. The second-order valence-electron chi connectivity index (χ2n) is 2.71. The molecule has 1 aromatic rings. The van der Waals surface area contributed by atoms with Gasteiger partial charge in [0.25, 0.3) is 0 Å². The Labute approximate surface area is 75.8 Å². The van der Waals surface area contributed by atoms with E-state index in [1.54, 1.807) is 6.92 Å². The van der Waals surface area contributed by atoms with Crippen LogP contribution in [0, 0.1) is 0 Å². The van der Waals surface area contributed by atoms with Crippen molar-refractivity contribution in [3.63, 3.8) is 0 Å². The molecule has 2 N–H and O–H groups in total. The summed E-state index contributed by atoms with van der Waals surface area (Å²) in [5.74, 6) is 0. The molecule has 1 heterocycles. The lowest BCUT2D eigenvalue weighted by Crippen LogP contribution is -2.18. The third-order valence-electron chi connectivity index (χ3n) is 1.45. The largest absolute Gasteiger partial charge is 0.393 e. The van der Waals surface area contributed by atoms with E-state index in [4.69, 9.17) is 5.11 Å². The summed E-state index contributed by atoms with van der Waals surface area (Å²) in [5.41, 5.74) is 0.964. The van der Waals surface area contributed by atoms with Gasteiger partial charge < -0.3 is 10.4 Å². The summed E-state index contributed by atoms with van der Waals surface area (Å²) >= 11 is 1.35. The molecule has 0 bridgehead atoms. The number of hydrogen-bond donors (Lipinski definition) is 2. The normalized spacial score (nSPS) is 13.2.